The van der Waals surface area contributed by atoms with Gasteiger partial charge in [0.15, 0.2) is 5.88 Å². The van der Waals surface area contributed by atoms with Crippen molar-refractivity contribution >= 4 is 5.88 Å². The summed E-state index contributed by atoms with van der Waals surface area (Å²) in [5.41, 5.74) is 6.55. The van der Waals surface area contributed by atoms with Gasteiger partial charge in [-0.2, -0.15) is 0 Å². The lowest BCUT2D eigenvalue weighted by Gasteiger charge is -1.99. The van der Waals surface area contributed by atoms with Crippen molar-refractivity contribution in [3.05, 3.63) is 41.9 Å². The largest absolute Gasteiger partial charge is 0.444 e. The highest BCUT2D eigenvalue weighted by Gasteiger charge is 1.99. The van der Waals surface area contributed by atoms with E-state index in [1.54, 1.807) is 0 Å². The molecule has 0 bridgehead atoms. The number of H-pyrrole nitrogens is 1. The molecule has 0 atom stereocenters. The van der Waals surface area contributed by atoms with Gasteiger partial charge >= 0.3 is 0 Å². The molecule has 2 aromatic heterocycles. The van der Waals surface area contributed by atoms with E-state index in [0.29, 0.717) is 6.54 Å². The molecule has 0 aliphatic carbocycles. The lowest BCUT2D eigenvalue weighted by Crippen LogP contribution is -1.98. The molecule has 0 radical (unpaired) electrons. The highest BCUT2D eigenvalue weighted by Crippen LogP contribution is 2.13. The van der Waals surface area contributed by atoms with E-state index in [4.69, 9.17) is 10.2 Å². The molecule has 0 fully saturated rings. The monoisotopic (exact) mass is 191 g/mol. The van der Waals surface area contributed by atoms with Crippen molar-refractivity contribution in [3.63, 3.8) is 0 Å². The van der Waals surface area contributed by atoms with E-state index < -0.39 is 0 Å². The molecule has 0 aromatic carbocycles. The molecule has 0 aliphatic heterocycles. The van der Waals surface area contributed by atoms with E-state index in [1.807, 2.05) is 30.5 Å². The van der Waals surface area contributed by atoms with Crippen LogP contribution in [-0.2, 0) is 13.1 Å². The summed E-state index contributed by atoms with van der Waals surface area (Å²) in [6.07, 6.45) is 1.89. The average molecular weight is 191 g/mol. The average Bonchev–Trinajstić information content (AvgIpc) is 2.86. The molecular weight excluding hydrogens is 178 g/mol. The summed E-state index contributed by atoms with van der Waals surface area (Å²) in [5.74, 6) is 1.54. The Labute approximate surface area is 82.1 Å². The Hall–Kier alpha value is -1.68. The summed E-state index contributed by atoms with van der Waals surface area (Å²) < 4.78 is 5.38. The summed E-state index contributed by atoms with van der Waals surface area (Å²) in [6, 6.07) is 7.73. The van der Waals surface area contributed by atoms with Crippen LogP contribution >= 0.6 is 0 Å². The summed E-state index contributed by atoms with van der Waals surface area (Å²) in [6.45, 7) is 1.16. The van der Waals surface area contributed by atoms with Crippen LogP contribution in [0.25, 0.3) is 0 Å². The highest BCUT2D eigenvalue weighted by atomic mass is 16.4. The fraction of sp³-hybridized carbons (Fsp3) is 0.200. The van der Waals surface area contributed by atoms with Crippen molar-refractivity contribution in [1.82, 2.24) is 4.98 Å². The van der Waals surface area contributed by atoms with Crippen LogP contribution in [0.5, 0.6) is 0 Å². The molecule has 74 valence electrons. The first-order valence-electron chi connectivity index (χ1n) is 4.53. The number of nitrogens with two attached hydrogens (primary N) is 1. The number of aromatic nitrogens is 1. The van der Waals surface area contributed by atoms with E-state index in [9.17, 15) is 0 Å². The first kappa shape index (κ1) is 8.90. The Morgan fingerprint density at radius 3 is 2.93 bits per heavy atom. The normalized spacial score (nSPS) is 10.4. The lowest BCUT2D eigenvalue weighted by atomic mass is 10.4. The molecule has 2 aromatic rings. The van der Waals surface area contributed by atoms with Crippen molar-refractivity contribution in [2.75, 3.05) is 5.32 Å². The molecule has 4 N–H and O–H groups in total. The van der Waals surface area contributed by atoms with E-state index in [2.05, 4.69) is 10.3 Å². The van der Waals surface area contributed by atoms with Gasteiger partial charge in [-0.3, -0.25) is 0 Å². The maximum Gasteiger partial charge on any atom is 0.193 e. The quantitative estimate of drug-likeness (QED) is 0.688. The van der Waals surface area contributed by atoms with Crippen LogP contribution in [-0.4, -0.2) is 4.98 Å². The van der Waals surface area contributed by atoms with Crippen molar-refractivity contribution in [1.29, 1.82) is 0 Å². The van der Waals surface area contributed by atoms with Crippen LogP contribution in [0.1, 0.15) is 11.5 Å². The smallest absolute Gasteiger partial charge is 0.193 e. The molecule has 14 heavy (non-hydrogen) atoms. The number of anilines is 1. The number of nitrogens with one attached hydrogen (secondary N) is 2. The van der Waals surface area contributed by atoms with E-state index in [0.717, 1.165) is 23.9 Å². The first-order chi connectivity index (χ1) is 6.88. The van der Waals surface area contributed by atoms with Gasteiger partial charge in [0.25, 0.3) is 0 Å². The minimum Gasteiger partial charge on any atom is -0.444 e. The number of rotatable bonds is 4. The molecule has 0 amide bonds. The van der Waals surface area contributed by atoms with Gasteiger partial charge in [0, 0.05) is 18.0 Å². The van der Waals surface area contributed by atoms with Crippen LogP contribution in [0.15, 0.2) is 34.9 Å². The van der Waals surface area contributed by atoms with Gasteiger partial charge in [-0.1, -0.05) is 0 Å². The van der Waals surface area contributed by atoms with E-state index in [-0.39, 0.29) is 0 Å². The van der Waals surface area contributed by atoms with Gasteiger partial charge in [0.1, 0.15) is 5.76 Å². The number of furan rings is 1. The predicted molar refractivity (Wildman–Crippen MR) is 54.7 cm³/mol. The molecule has 0 spiro atoms. The van der Waals surface area contributed by atoms with Gasteiger partial charge in [-0.05, 0) is 18.2 Å². The van der Waals surface area contributed by atoms with Crippen molar-refractivity contribution in [2.45, 2.75) is 13.1 Å². The molecule has 0 unspecified atom stereocenters. The van der Waals surface area contributed by atoms with Gasteiger partial charge in [-0.25, -0.2) is 0 Å². The predicted octanol–water partition coefficient (Wildman–Crippen LogP) is 1.68. The van der Waals surface area contributed by atoms with Crippen LogP contribution in [0, 0.1) is 0 Å². The molecular formula is C10H13N3O. The summed E-state index contributed by atoms with van der Waals surface area (Å²) in [5, 5.41) is 3.15. The Bertz CT molecular complexity index is 378. The van der Waals surface area contributed by atoms with Crippen LogP contribution in [0.3, 0.4) is 0 Å². The molecule has 0 saturated heterocycles. The molecule has 2 heterocycles. The minimum absolute atomic E-state index is 0.435. The SMILES string of the molecule is NCc1ccc(NCc2ccc[nH]2)o1. The number of hydrogen-bond acceptors (Lipinski definition) is 3. The second kappa shape index (κ2) is 4.02. The number of hydrogen-bond donors (Lipinski definition) is 3. The van der Waals surface area contributed by atoms with Gasteiger partial charge in [0.05, 0.1) is 13.1 Å². The molecule has 0 saturated carbocycles. The third-order valence-electron chi connectivity index (χ3n) is 1.98. The maximum atomic E-state index is 5.43. The van der Waals surface area contributed by atoms with E-state index >= 15 is 0 Å². The third-order valence-corrected chi connectivity index (χ3v) is 1.98. The van der Waals surface area contributed by atoms with Crippen molar-refractivity contribution in [2.24, 2.45) is 5.73 Å². The van der Waals surface area contributed by atoms with Crippen LogP contribution in [0.4, 0.5) is 5.88 Å². The Balaban J connectivity index is 1.92. The number of aromatic amines is 1. The van der Waals surface area contributed by atoms with Crippen molar-refractivity contribution in [3.8, 4) is 0 Å². The molecule has 4 heteroatoms. The summed E-state index contributed by atoms with van der Waals surface area (Å²) in [4.78, 5) is 3.10. The first-order valence-corrected chi connectivity index (χ1v) is 4.53. The fourth-order valence-corrected chi connectivity index (χ4v) is 1.24. The zero-order chi connectivity index (χ0) is 9.80. The Morgan fingerprint density at radius 1 is 1.36 bits per heavy atom. The second-order valence-corrected chi connectivity index (χ2v) is 3.02. The van der Waals surface area contributed by atoms with E-state index in [1.165, 1.54) is 0 Å². The standard InChI is InChI=1S/C10H13N3O/c11-6-9-3-4-10(14-9)13-7-8-2-1-5-12-8/h1-5,12-13H,6-7,11H2. The maximum absolute atomic E-state index is 5.43. The zero-order valence-corrected chi connectivity index (χ0v) is 7.79. The third kappa shape index (κ3) is 1.97. The topological polar surface area (TPSA) is 67.0 Å². The molecule has 4 nitrogen and oxygen atoms in total. The Kier molecular flexibility index (Phi) is 2.55. The zero-order valence-electron chi connectivity index (χ0n) is 7.79. The minimum atomic E-state index is 0.435. The van der Waals surface area contributed by atoms with Gasteiger partial charge < -0.3 is 20.5 Å². The van der Waals surface area contributed by atoms with Crippen LogP contribution < -0.4 is 11.1 Å². The van der Waals surface area contributed by atoms with Crippen LogP contribution in [0.2, 0.25) is 0 Å². The molecule has 2 rings (SSSR count). The lowest BCUT2D eigenvalue weighted by molar-refractivity contribution is 0.523. The van der Waals surface area contributed by atoms with Gasteiger partial charge in [-0.15, -0.1) is 0 Å². The van der Waals surface area contributed by atoms with Crippen molar-refractivity contribution < 1.29 is 4.42 Å². The second-order valence-electron chi connectivity index (χ2n) is 3.02. The Morgan fingerprint density at radius 2 is 2.29 bits per heavy atom. The summed E-state index contributed by atoms with van der Waals surface area (Å²) >= 11 is 0. The highest BCUT2D eigenvalue weighted by molar-refractivity contribution is 5.32. The fourth-order valence-electron chi connectivity index (χ4n) is 1.24. The van der Waals surface area contributed by atoms with Gasteiger partial charge in [0.2, 0.25) is 0 Å². The molecule has 0 aliphatic rings. The summed E-state index contributed by atoms with van der Waals surface area (Å²) in [7, 11) is 0.